The third kappa shape index (κ3) is 2.61. The van der Waals surface area contributed by atoms with Crippen molar-refractivity contribution in [1.82, 2.24) is 10.2 Å². The summed E-state index contributed by atoms with van der Waals surface area (Å²) in [6.45, 7) is 9.60. The van der Waals surface area contributed by atoms with Gasteiger partial charge in [-0.3, -0.25) is 9.59 Å². The Bertz CT molecular complexity index is 313. The zero-order valence-electron chi connectivity index (χ0n) is 11.5. The number of amides is 2. The number of hydrogen-bond acceptors (Lipinski definition) is 2. The van der Waals surface area contributed by atoms with Crippen molar-refractivity contribution in [3.8, 4) is 0 Å². The largest absolute Gasteiger partial charge is 0.340 e. The van der Waals surface area contributed by atoms with Gasteiger partial charge in [0.05, 0.1) is 0 Å². The van der Waals surface area contributed by atoms with Crippen molar-refractivity contribution in [3.63, 3.8) is 0 Å². The second kappa shape index (κ2) is 5.07. The first-order valence-electron chi connectivity index (χ1n) is 6.49. The number of nitrogens with one attached hydrogen (secondary N) is 1. The molecule has 0 radical (unpaired) electrons. The van der Waals surface area contributed by atoms with Gasteiger partial charge in [0.2, 0.25) is 11.8 Å². The highest BCUT2D eigenvalue weighted by atomic mass is 16.2. The molecule has 0 saturated carbocycles. The summed E-state index contributed by atoms with van der Waals surface area (Å²) in [5, 5.41) is 2.80. The van der Waals surface area contributed by atoms with Crippen LogP contribution in [0.15, 0.2) is 0 Å². The minimum atomic E-state index is -0.773. The smallest absolute Gasteiger partial charge is 0.248 e. The summed E-state index contributed by atoms with van der Waals surface area (Å²) in [4.78, 5) is 26.2. The van der Waals surface area contributed by atoms with Crippen molar-refractivity contribution in [2.24, 2.45) is 0 Å². The summed E-state index contributed by atoms with van der Waals surface area (Å²) < 4.78 is 0. The second-order valence-corrected chi connectivity index (χ2v) is 5.39. The highest BCUT2D eigenvalue weighted by Gasteiger charge is 2.45. The molecule has 1 aliphatic rings. The first-order valence-corrected chi connectivity index (χ1v) is 6.49. The summed E-state index contributed by atoms with van der Waals surface area (Å²) in [5.41, 5.74) is -0.773. The van der Waals surface area contributed by atoms with Crippen LogP contribution >= 0.6 is 0 Å². The molecule has 2 amide bonds. The lowest BCUT2D eigenvalue weighted by atomic mass is 9.93. The van der Waals surface area contributed by atoms with Crippen molar-refractivity contribution in [1.29, 1.82) is 0 Å². The standard InChI is InChI=1S/C13H24N2O2/c1-6-8-9(3)15-10(7-2)11(16)14-13(4,5)12(15)17/h9-10H,6-8H2,1-5H3,(H,14,16). The molecule has 0 spiro atoms. The Morgan fingerprint density at radius 2 is 1.94 bits per heavy atom. The minimum absolute atomic E-state index is 0.0277. The van der Waals surface area contributed by atoms with Crippen LogP contribution in [0, 0.1) is 0 Å². The maximum Gasteiger partial charge on any atom is 0.248 e. The van der Waals surface area contributed by atoms with E-state index < -0.39 is 5.54 Å². The van der Waals surface area contributed by atoms with E-state index in [1.807, 2.05) is 13.8 Å². The van der Waals surface area contributed by atoms with E-state index in [2.05, 4.69) is 12.2 Å². The van der Waals surface area contributed by atoms with Crippen LogP contribution < -0.4 is 5.32 Å². The third-order valence-electron chi connectivity index (χ3n) is 3.41. The van der Waals surface area contributed by atoms with Crippen LogP contribution in [0.5, 0.6) is 0 Å². The molecule has 4 nitrogen and oxygen atoms in total. The molecule has 0 aromatic carbocycles. The van der Waals surface area contributed by atoms with Gasteiger partial charge in [0.15, 0.2) is 0 Å². The zero-order valence-corrected chi connectivity index (χ0v) is 11.5. The van der Waals surface area contributed by atoms with Crippen molar-refractivity contribution in [3.05, 3.63) is 0 Å². The Hall–Kier alpha value is -1.06. The fourth-order valence-electron chi connectivity index (χ4n) is 2.48. The molecule has 1 saturated heterocycles. The maximum atomic E-state index is 12.4. The van der Waals surface area contributed by atoms with Crippen molar-refractivity contribution < 1.29 is 9.59 Å². The molecule has 0 bridgehead atoms. The minimum Gasteiger partial charge on any atom is -0.340 e. The van der Waals surface area contributed by atoms with Crippen LogP contribution in [-0.4, -0.2) is 34.3 Å². The monoisotopic (exact) mass is 240 g/mol. The predicted molar refractivity (Wildman–Crippen MR) is 67.5 cm³/mol. The van der Waals surface area contributed by atoms with E-state index in [1.54, 1.807) is 18.7 Å². The molecule has 2 unspecified atom stereocenters. The Kier molecular flexibility index (Phi) is 4.17. The Morgan fingerprint density at radius 1 is 1.35 bits per heavy atom. The number of rotatable bonds is 4. The lowest BCUT2D eigenvalue weighted by Crippen LogP contribution is -2.69. The number of carbonyl (C=O) groups excluding carboxylic acids is 2. The fraction of sp³-hybridized carbons (Fsp3) is 0.846. The average molecular weight is 240 g/mol. The molecule has 1 heterocycles. The van der Waals surface area contributed by atoms with Gasteiger partial charge in [-0.1, -0.05) is 20.3 Å². The van der Waals surface area contributed by atoms with E-state index in [4.69, 9.17) is 0 Å². The molecule has 1 N–H and O–H groups in total. The molecule has 0 aliphatic carbocycles. The summed E-state index contributed by atoms with van der Waals surface area (Å²) in [6.07, 6.45) is 2.62. The van der Waals surface area contributed by atoms with E-state index in [9.17, 15) is 9.59 Å². The molecular weight excluding hydrogens is 216 g/mol. The maximum absolute atomic E-state index is 12.4. The van der Waals surface area contributed by atoms with Gasteiger partial charge in [0, 0.05) is 6.04 Å². The van der Waals surface area contributed by atoms with Crippen LogP contribution in [-0.2, 0) is 9.59 Å². The van der Waals surface area contributed by atoms with E-state index in [-0.39, 0.29) is 23.9 Å². The molecule has 0 aromatic heterocycles. The van der Waals surface area contributed by atoms with Crippen LogP contribution in [0.25, 0.3) is 0 Å². The van der Waals surface area contributed by atoms with E-state index in [0.717, 1.165) is 12.8 Å². The van der Waals surface area contributed by atoms with E-state index in [1.165, 1.54) is 0 Å². The lowest BCUT2D eigenvalue weighted by molar-refractivity contribution is -0.156. The topological polar surface area (TPSA) is 49.4 Å². The average Bonchev–Trinajstić information content (AvgIpc) is 2.22. The van der Waals surface area contributed by atoms with Gasteiger partial charge in [-0.05, 0) is 33.6 Å². The van der Waals surface area contributed by atoms with Crippen molar-refractivity contribution in [2.75, 3.05) is 0 Å². The van der Waals surface area contributed by atoms with Gasteiger partial charge in [-0.2, -0.15) is 0 Å². The van der Waals surface area contributed by atoms with E-state index >= 15 is 0 Å². The number of hydrogen-bond donors (Lipinski definition) is 1. The van der Waals surface area contributed by atoms with Gasteiger partial charge in [-0.15, -0.1) is 0 Å². The van der Waals surface area contributed by atoms with Gasteiger partial charge in [0.1, 0.15) is 11.6 Å². The van der Waals surface area contributed by atoms with Gasteiger partial charge in [-0.25, -0.2) is 0 Å². The molecule has 1 rings (SSSR count). The Labute approximate surface area is 104 Å². The van der Waals surface area contributed by atoms with Gasteiger partial charge >= 0.3 is 0 Å². The predicted octanol–water partition coefficient (Wildman–Crippen LogP) is 1.69. The Morgan fingerprint density at radius 3 is 2.41 bits per heavy atom. The van der Waals surface area contributed by atoms with Crippen LogP contribution in [0.3, 0.4) is 0 Å². The summed E-state index contributed by atoms with van der Waals surface area (Å²) in [7, 11) is 0. The molecule has 98 valence electrons. The lowest BCUT2D eigenvalue weighted by Gasteiger charge is -2.45. The zero-order chi connectivity index (χ0) is 13.2. The van der Waals surface area contributed by atoms with Crippen molar-refractivity contribution in [2.45, 2.75) is 71.5 Å². The molecule has 4 heteroatoms. The van der Waals surface area contributed by atoms with Crippen LogP contribution in [0.1, 0.15) is 53.9 Å². The normalized spacial score (nSPS) is 25.7. The third-order valence-corrected chi connectivity index (χ3v) is 3.41. The van der Waals surface area contributed by atoms with Gasteiger partial charge in [0.25, 0.3) is 0 Å². The second-order valence-electron chi connectivity index (χ2n) is 5.39. The molecular formula is C13H24N2O2. The molecule has 1 fully saturated rings. The van der Waals surface area contributed by atoms with Gasteiger partial charge < -0.3 is 10.2 Å². The Balaban J connectivity index is 3.01. The quantitative estimate of drug-likeness (QED) is 0.813. The van der Waals surface area contributed by atoms with Crippen molar-refractivity contribution >= 4 is 11.8 Å². The highest BCUT2D eigenvalue weighted by molar-refractivity contribution is 5.99. The molecule has 0 aromatic rings. The number of piperazine rings is 1. The number of carbonyl (C=O) groups is 2. The molecule has 1 aliphatic heterocycles. The van der Waals surface area contributed by atoms with E-state index in [0.29, 0.717) is 6.42 Å². The molecule has 17 heavy (non-hydrogen) atoms. The number of nitrogens with zero attached hydrogens (tertiary/aromatic N) is 1. The van der Waals surface area contributed by atoms with Crippen LogP contribution in [0.4, 0.5) is 0 Å². The summed E-state index contributed by atoms with van der Waals surface area (Å²) in [6, 6.07) is -0.181. The molecule has 2 atom stereocenters. The summed E-state index contributed by atoms with van der Waals surface area (Å²) in [5.74, 6) is 0.00459. The van der Waals surface area contributed by atoms with Crippen LogP contribution in [0.2, 0.25) is 0 Å². The summed E-state index contributed by atoms with van der Waals surface area (Å²) >= 11 is 0. The highest BCUT2D eigenvalue weighted by Crippen LogP contribution is 2.23. The first kappa shape index (κ1) is 14.0. The SMILES string of the molecule is CCCC(C)N1C(=O)C(C)(C)NC(=O)C1CC. The first-order chi connectivity index (χ1) is 7.85. The fourth-order valence-corrected chi connectivity index (χ4v) is 2.48.